The molecule has 0 aromatic heterocycles. The third-order valence-electron chi connectivity index (χ3n) is 3.19. The highest BCUT2D eigenvalue weighted by Gasteiger charge is 2.17. The molecule has 0 aliphatic carbocycles. The van der Waals surface area contributed by atoms with Gasteiger partial charge < -0.3 is 4.74 Å². The summed E-state index contributed by atoms with van der Waals surface area (Å²) < 4.78 is 32.0. The number of hydrogen-bond acceptors (Lipinski definition) is 4. The topological polar surface area (TPSA) is 72.5 Å². The summed E-state index contributed by atoms with van der Waals surface area (Å²) in [5.74, 6) is -0.580. The number of nitrogens with one attached hydrogen (secondary N) is 1. The van der Waals surface area contributed by atoms with Gasteiger partial charge in [-0.1, -0.05) is 23.8 Å². The van der Waals surface area contributed by atoms with Crippen molar-refractivity contribution in [1.82, 2.24) is 0 Å². The van der Waals surface area contributed by atoms with Crippen LogP contribution in [0.5, 0.6) is 0 Å². The first-order valence-electron chi connectivity index (χ1n) is 6.62. The number of methoxy groups -OCH3 is 1. The van der Waals surface area contributed by atoms with Gasteiger partial charge in [0, 0.05) is 0 Å². The predicted octanol–water partition coefficient (Wildman–Crippen LogP) is 2.89. The number of ether oxygens (including phenoxy) is 1. The van der Waals surface area contributed by atoms with Crippen LogP contribution in [0.2, 0.25) is 0 Å². The molecule has 0 aliphatic rings. The summed E-state index contributed by atoms with van der Waals surface area (Å²) >= 11 is 0. The van der Waals surface area contributed by atoms with Gasteiger partial charge in [-0.3, -0.25) is 4.72 Å². The van der Waals surface area contributed by atoms with Crippen molar-refractivity contribution < 1.29 is 17.9 Å². The Balaban J connectivity index is 2.36. The van der Waals surface area contributed by atoms with E-state index < -0.39 is 16.0 Å². The molecule has 0 atom stereocenters. The van der Waals surface area contributed by atoms with E-state index in [4.69, 9.17) is 0 Å². The first-order chi connectivity index (χ1) is 10.3. The lowest BCUT2D eigenvalue weighted by molar-refractivity contribution is 0.0600. The van der Waals surface area contributed by atoms with Gasteiger partial charge in [0.1, 0.15) is 0 Å². The van der Waals surface area contributed by atoms with Gasteiger partial charge in [0.05, 0.1) is 23.3 Å². The van der Waals surface area contributed by atoms with Crippen LogP contribution >= 0.6 is 0 Å². The molecule has 0 bridgehead atoms. The Labute approximate surface area is 130 Å². The van der Waals surface area contributed by atoms with Crippen molar-refractivity contribution >= 4 is 21.7 Å². The Morgan fingerprint density at radius 2 is 1.82 bits per heavy atom. The molecule has 22 heavy (non-hydrogen) atoms. The summed E-state index contributed by atoms with van der Waals surface area (Å²) in [5.41, 5.74) is 2.57. The molecule has 0 radical (unpaired) electrons. The smallest absolute Gasteiger partial charge is 0.337 e. The second kappa shape index (κ2) is 6.19. The predicted molar refractivity (Wildman–Crippen MR) is 84.5 cm³/mol. The maximum Gasteiger partial charge on any atom is 0.337 e. The van der Waals surface area contributed by atoms with Crippen LogP contribution in [0, 0.1) is 13.8 Å². The average Bonchev–Trinajstić information content (AvgIpc) is 2.49. The van der Waals surface area contributed by atoms with Gasteiger partial charge in [0.2, 0.25) is 0 Å². The molecular weight excluding hydrogens is 302 g/mol. The number of esters is 1. The first-order valence-corrected chi connectivity index (χ1v) is 8.10. The number of aryl methyl sites for hydroxylation is 2. The number of rotatable bonds is 4. The number of hydrogen-bond donors (Lipinski definition) is 1. The van der Waals surface area contributed by atoms with Crippen LogP contribution in [0.3, 0.4) is 0 Å². The van der Waals surface area contributed by atoms with Crippen LogP contribution in [-0.4, -0.2) is 21.5 Å². The van der Waals surface area contributed by atoms with Gasteiger partial charge in [0.25, 0.3) is 10.0 Å². The summed E-state index contributed by atoms with van der Waals surface area (Å²) in [5, 5.41) is 0. The zero-order valence-corrected chi connectivity index (χ0v) is 13.4. The van der Waals surface area contributed by atoms with Crippen molar-refractivity contribution in [2.45, 2.75) is 18.7 Å². The van der Waals surface area contributed by atoms with Crippen molar-refractivity contribution in [2.24, 2.45) is 0 Å². The largest absolute Gasteiger partial charge is 0.465 e. The van der Waals surface area contributed by atoms with E-state index in [1.165, 1.54) is 31.4 Å². The SMILES string of the molecule is COC(=O)c1cccc(S(=O)(=O)Nc2ccc(C)cc2C)c1. The molecule has 0 aliphatic heterocycles. The fraction of sp³-hybridized carbons (Fsp3) is 0.188. The zero-order chi connectivity index (χ0) is 16.3. The van der Waals surface area contributed by atoms with Crippen molar-refractivity contribution in [3.8, 4) is 0 Å². The molecule has 1 N–H and O–H groups in total. The summed E-state index contributed by atoms with van der Waals surface area (Å²) in [6, 6.07) is 11.2. The van der Waals surface area contributed by atoms with Crippen LogP contribution in [0.15, 0.2) is 47.4 Å². The molecule has 0 amide bonds. The molecule has 0 heterocycles. The number of carbonyl (C=O) groups excluding carboxylic acids is 1. The Kier molecular flexibility index (Phi) is 4.51. The fourth-order valence-electron chi connectivity index (χ4n) is 2.04. The minimum Gasteiger partial charge on any atom is -0.465 e. The molecule has 0 unspecified atom stereocenters. The minimum absolute atomic E-state index is 0.00961. The van der Waals surface area contributed by atoms with E-state index in [-0.39, 0.29) is 10.5 Å². The van der Waals surface area contributed by atoms with Crippen molar-refractivity contribution in [1.29, 1.82) is 0 Å². The molecule has 116 valence electrons. The lowest BCUT2D eigenvalue weighted by Gasteiger charge is -2.11. The summed E-state index contributed by atoms with van der Waals surface area (Å²) in [6.07, 6.45) is 0. The lowest BCUT2D eigenvalue weighted by atomic mass is 10.1. The molecule has 5 nitrogen and oxygen atoms in total. The van der Waals surface area contributed by atoms with Gasteiger partial charge in [-0.25, -0.2) is 13.2 Å². The van der Waals surface area contributed by atoms with Gasteiger partial charge in [-0.15, -0.1) is 0 Å². The Morgan fingerprint density at radius 1 is 1.09 bits per heavy atom. The van der Waals surface area contributed by atoms with Gasteiger partial charge in [-0.2, -0.15) is 0 Å². The highest BCUT2D eigenvalue weighted by Crippen LogP contribution is 2.21. The van der Waals surface area contributed by atoms with E-state index >= 15 is 0 Å². The van der Waals surface area contributed by atoms with Crippen molar-refractivity contribution in [3.63, 3.8) is 0 Å². The van der Waals surface area contributed by atoms with E-state index in [9.17, 15) is 13.2 Å². The molecule has 0 spiro atoms. The second-order valence-electron chi connectivity index (χ2n) is 4.94. The Bertz CT molecular complexity index is 813. The fourth-order valence-corrected chi connectivity index (χ4v) is 3.22. The van der Waals surface area contributed by atoms with Crippen molar-refractivity contribution in [3.05, 3.63) is 59.2 Å². The normalized spacial score (nSPS) is 11.0. The monoisotopic (exact) mass is 319 g/mol. The quantitative estimate of drug-likeness (QED) is 0.880. The molecule has 0 saturated heterocycles. The molecular formula is C16H17NO4S. The summed E-state index contributed by atoms with van der Waals surface area (Å²) in [7, 11) is -2.52. The van der Waals surface area contributed by atoms with E-state index in [0.717, 1.165) is 11.1 Å². The van der Waals surface area contributed by atoms with Crippen LogP contribution in [-0.2, 0) is 14.8 Å². The van der Waals surface area contributed by atoms with Crippen LogP contribution in [0.25, 0.3) is 0 Å². The maximum absolute atomic E-state index is 12.4. The van der Waals surface area contributed by atoms with E-state index in [1.54, 1.807) is 6.07 Å². The summed E-state index contributed by atoms with van der Waals surface area (Å²) in [4.78, 5) is 11.5. The molecule has 2 rings (SSSR count). The van der Waals surface area contributed by atoms with E-state index in [1.807, 2.05) is 26.0 Å². The molecule has 0 fully saturated rings. The number of benzene rings is 2. The third-order valence-corrected chi connectivity index (χ3v) is 4.55. The van der Waals surface area contributed by atoms with E-state index in [0.29, 0.717) is 5.69 Å². The minimum atomic E-state index is -3.77. The maximum atomic E-state index is 12.4. The highest BCUT2D eigenvalue weighted by atomic mass is 32.2. The molecule has 6 heteroatoms. The Hall–Kier alpha value is -2.34. The standard InChI is InChI=1S/C16H17NO4S/c1-11-7-8-15(12(2)9-11)17-22(19,20)14-6-4-5-13(10-14)16(18)21-3/h4-10,17H,1-3H3. The average molecular weight is 319 g/mol. The van der Waals surface area contributed by atoms with Gasteiger partial charge >= 0.3 is 5.97 Å². The first kappa shape index (κ1) is 16.0. The highest BCUT2D eigenvalue weighted by molar-refractivity contribution is 7.92. The second-order valence-corrected chi connectivity index (χ2v) is 6.63. The van der Waals surface area contributed by atoms with Crippen LogP contribution < -0.4 is 4.72 Å². The van der Waals surface area contributed by atoms with Gasteiger partial charge in [-0.05, 0) is 43.7 Å². The van der Waals surface area contributed by atoms with E-state index in [2.05, 4.69) is 9.46 Å². The number of carbonyl (C=O) groups is 1. The zero-order valence-electron chi connectivity index (χ0n) is 12.6. The lowest BCUT2D eigenvalue weighted by Crippen LogP contribution is -2.14. The number of anilines is 1. The molecule has 0 saturated carbocycles. The van der Waals surface area contributed by atoms with Gasteiger partial charge in [0.15, 0.2) is 0 Å². The number of sulfonamides is 1. The Morgan fingerprint density at radius 3 is 2.45 bits per heavy atom. The third kappa shape index (κ3) is 3.46. The van der Waals surface area contributed by atoms with Crippen LogP contribution in [0.1, 0.15) is 21.5 Å². The van der Waals surface area contributed by atoms with Crippen LogP contribution in [0.4, 0.5) is 5.69 Å². The van der Waals surface area contributed by atoms with Crippen molar-refractivity contribution in [2.75, 3.05) is 11.8 Å². The molecule has 2 aromatic carbocycles. The summed E-state index contributed by atoms with van der Waals surface area (Å²) in [6.45, 7) is 3.76. The molecule has 2 aromatic rings.